The van der Waals surface area contributed by atoms with Crippen molar-refractivity contribution in [3.63, 3.8) is 0 Å². The summed E-state index contributed by atoms with van der Waals surface area (Å²) in [5.41, 5.74) is 2.39. The average Bonchev–Trinajstić information content (AvgIpc) is 3.30. The number of aromatic amines is 1. The molecule has 0 aliphatic carbocycles. The molecule has 34 heavy (non-hydrogen) atoms. The number of piperazine rings is 1. The van der Waals surface area contributed by atoms with Gasteiger partial charge in [0.1, 0.15) is 17.3 Å². The van der Waals surface area contributed by atoms with E-state index in [1.165, 1.54) is 18.3 Å². The number of imidazole rings is 1. The lowest BCUT2D eigenvalue weighted by Crippen LogP contribution is -2.55. The topological polar surface area (TPSA) is 94.9 Å². The molecule has 3 N–H and O–H groups in total. The summed E-state index contributed by atoms with van der Waals surface area (Å²) >= 11 is 0. The first-order valence-corrected chi connectivity index (χ1v) is 11.4. The van der Waals surface area contributed by atoms with E-state index in [9.17, 15) is 14.0 Å². The Hall–Kier alpha value is -3.73. The van der Waals surface area contributed by atoms with E-state index in [1.807, 2.05) is 20.8 Å². The van der Waals surface area contributed by atoms with Crippen molar-refractivity contribution in [3.05, 3.63) is 59.4 Å². The van der Waals surface area contributed by atoms with Crippen LogP contribution in [0, 0.1) is 24.1 Å². The lowest BCUT2D eigenvalue weighted by atomic mass is 9.98. The number of carbonyl (C=O) groups excluding carboxylic acids is 2. The van der Waals surface area contributed by atoms with Crippen LogP contribution in [0.3, 0.4) is 0 Å². The van der Waals surface area contributed by atoms with Crippen LogP contribution in [0.25, 0.3) is 5.57 Å². The van der Waals surface area contributed by atoms with Gasteiger partial charge in [0.05, 0.1) is 6.20 Å². The molecule has 1 aliphatic rings. The molecule has 1 saturated heterocycles. The quantitative estimate of drug-likeness (QED) is 0.484. The van der Waals surface area contributed by atoms with Crippen LogP contribution in [-0.2, 0) is 4.79 Å². The number of nitrogens with one attached hydrogen (secondary N) is 1. The minimum atomic E-state index is -0.328. The Morgan fingerprint density at radius 2 is 2.03 bits per heavy atom. The van der Waals surface area contributed by atoms with Gasteiger partial charge in [-0.05, 0) is 37.1 Å². The minimum Gasteiger partial charge on any atom is -0.336 e. The second kappa shape index (κ2) is 10.9. The largest absolute Gasteiger partial charge is 0.336 e. The average molecular weight is 465 g/mol. The third-order valence-corrected chi connectivity index (χ3v) is 5.91. The smallest absolute Gasteiger partial charge is 0.272 e. The third kappa shape index (κ3) is 5.79. The van der Waals surface area contributed by atoms with Gasteiger partial charge in [-0.15, -0.1) is 12.3 Å². The Labute approximate surface area is 199 Å². The summed E-state index contributed by atoms with van der Waals surface area (Å²) in [6, 6.07) is 5.86. The second-order valence-electron chi connectivity index (χ2n) is 8.75. The van der Waals surface area contributed by atoms with Crippen LogP contribution < -0.4 is 5.41 Å². The Balaban J connectivity index is 1.72. The van der Waals surface area contributed by atoms with E-state index in [0.29, 0.717) is 55.3 Å². The van der Waals surface area contributed by atoms with Gasteiger partial charge in [-0.25, -0.2) is 9.37 Å². The van der Waals surface area contributed by atoms with Gasteiger partial charge >= 0.3 is 0 Å². The van der Waals surface area contributed by atoms with Crippen LogP contribution in [0.15, 0.2) is 36.5 Å². The monoisotopic (exact) mass is 464 g/mol. The fourth-order valence-electron chi connectivity index (χ4n) is 3.98. The van der Waals surface area contributed by atoms with E-state index in [2.05, 4.69) is 15.9 Å². The molecule has 7 nitrogen and oxygen atoms in total. The van der Waals surface area contributed by atoms with Gasteiger partial charge in [-0.1, -0.05) is 13.8 Å². The molecule has 0 radical (unpaired) electrons. The number of carbonyl (C=O) groups is 2. The molecule has 1 aliphatic heterocycles. The van der Waals surface area contributed by atoms with Crippen LogP contribution in [0.2, 0.25) is 0 Å². The molecule has 2 heterocycles. The maximum atomic E-state index is 13.2. The van der Waals surface area contributed by atoms with Crippen molar-refractivity contribution < 1.29 is 19.4 Å². The summed E-state index contributed by atoms with van der Waals surface area (Å²) in [6.07, 6.45) is 9.32. The predicted molar refractivity (Wildman–Crippen MR) is 129 cm³/mol. The number of allylic oxidation sites excluding steroid dienone is 2. The normalized spacial score (nSPS) is 16.5. The number of hydrogen-bond acceptors (Lipinski definition) is 3. The fraction of sp³-hybridized carbons (Fsp3) is 0.385. The van der Waals surface area contributed by atoms with Gasteiger partial charge in [0.15, 0.2) is 0 Å². The van der Waals surface area contributed by atoms with Gasteiger partial charge in [0, 0.05) is 55.7 Å². The number of halogens is 1. The van der Waals surface area contributed by atoms with Gasteiger partial charge in [-0.2, -0.15) is 0 Å². The zero-order valence-electron chi connectivity index (χ0n) is 19.8. The maximum Gasteiger partial charge on any atom is 0.272 e. The summed E-state index contributed by atoms with van der Waals surface area (Å²) in [6.45, 7) is 7.29. The number of benzene rings is 1. The first-order valence-electron chi connectivity index (χ1n) is 11.4. The molecule has 0 spiro atoms. The van der Waals surface area contributed by atoms with Crippen molar-refractivity contribution in [1.82, 2.24) is 19.8 Å². The lowest BCUT2D eigenvalue weighted by Gasteiger charge is -2.39. The van der Waals surface area contributed by atoms with E-state index in [4.69, 9.17) is 11.8 Å². The maximum absolute atomic E-state index is 13.2. The summed E-state index contributed by atoms with van der Waals surface area (Å²) < 4.78 is 13.2. The van der Waals surface area contributed by atoms with Crippen molar-refractivity contribution in [3.8, 4) is 12.3 Å². The molecule has 0 bridgehead atoms. The van der Waals surface area contributed by atoms with E-state index in [0.717, 1.165) is 5.57 Å². The van der Waals surface area contributed by atoms with Crippen LogP contribution in [0.4, 0.5) is 4.39 Å². The van der Waals surface area contributed by atoms with Gasteiger partial charge in [0.25, 0.3) is 5.91 Å². The molecular formula is C26H31FN5O2+. The number of rotatable bonds is 7. The summed E-state index contributed by atoms with van der Waals surface area (Å²) in [7, 11) is 0. The Morgan fingerprint density at radius 1 is 1.32 bits per heavy atom. The van der Waals surface area contributed by atoms with E-state index < -0.39 is 0 Å². The number of terminal acetylenes is 1. The molecule has 0 saturated carbocycles. The Morgan fingerprint density at radius 3 is 2.65 bits per heavy atom. The van der Waals surface area contributed by atoms with E-state index >= 15 is 0 Å². The summed E-state index contributed by atoms with van der Waals surface area (Å²) in [4.78, 5) is 36.5. The highest BCUT2D eigenvalue weighted by Crippen LogP contribution is 2.22. The van der Waals surface area contributed by atoms with Gasteiger partial charge in [0.2, 0.25) is 11.6 Å². The molecule has 8 heteroatoms. The van der Waals surface area contributed by atoms with Crippen LogP contribution in [0.1, 0.15) is 55.5 Å². The first-order chi connectivity index (χ1) is 16.2. The number of hydrogen-bond donors (Lipinski definition) is 2. The highest BCUT2D eigenvalue weighted by atomic mass is 19.1. The molecule has 1 fully saturated rings. The lowest BCUT2D eigenvalue weighted by molar-refractivity contribution is -0.135. The van der Waals surface area contributed by atoms with E-state index in [-0.39, 0.29) is 29.6 Å². The minimum absolute atomic E-state index is 0.0167. The molecule has 1 aromatic carbocycles. The van der Waals surface area contributed by atoms with Crippen molar-refractivity contribution in [2.24, 2.45) is 5.92 Å². The number of nitrogens with two attached hydrogens (primary N) is 1. The van der Waals surface area contributed by atoms with Crippen molar-refractivity contribution in [2.75, 3.05) is 19.6 Å². The number of H-pyrrole nitrogens is 1. The molecule has 3 rings (SSSR count). The predicted octanol–water partition coefficient (Wildman–Crippen LogP) is 1.92. The first kappa shape index (κ1) is 24.9. The van der Waals surface area contributed by atoms with Crippen molar-refractivity contribution in [1.29, 1.82) is 0 Å². The summed E-state index contributed by atoms with van der Waals surface area (Å²) in [5, 5.41) is 6.25. The van der Waals surface area contributed by atoms with Gasteiger partial charge < -0.3 is 14.8 Å². The third-order valence-electron chi connectivity index (χ3n) is 5.91. The van der Waals surface area contributed by atoms with Crippen LogP contribution in [0.5, 0.6) is 0 Å². The molecule has 0 unspecified atom stereocenters. The standard InChI is InChI=1S/C26H30FN5O2/c1-5-6-7-24(33)32-13-12-31(16-18(32)4)26(34)23-15-29-25(30-23)21(17(2)3)14-22(28)19-8-10-20(27)11-9-19/h1,8-11,14-15,17-18,28H,6-7,12-13,16H2,2-4H3,(H,29,30)/p+1/b21-14-,28-22?/t18-/m0/s1. The molecule has 1 aromatic heterocycles. The molecule has 2 amide bonds. The number of amides is 2. The molecular weight excluding hydrogens is 433 g/mol. The van der Waals surface area contributed by atoms with Gasteiger partial charge in [-0.3, -0.25) is 15.0 Å². The van der Waals surface area contributed by atoms with Crippen molar-refractivity contribution in [2.45, 2.75) is 39.7 Å². The Kier molecular flexibility index (Phi) is 8.00. The van der Waals surface area contributed by atoms with Crippen molar-refractivity contribution >= 4 is 23.1 Å². The SMILES string of the molecule is C#CCCC(=O)N1CCN(C(=O)c2cnc(/C(=C\C(=[NH2+])c3ccc(F)cc3)C(C)C)[nH]2)C[C@@H]1C. The Bertz CT molecular complexity index is 1130. The van der Waals surface area contributed by atoms with Crippen LogP contribution in [-0.4, -0.2) is 63.0 Å². The zero-order valence-corrected chi connectivity index (χ0v) is 19.8. The second-order valence-corrected chi connectivity index (χ2v) is 8.75. The number of nitrogens with zero attached hydrogens (tertiary/aromatic N) is 3. The number of aromatic nitrogens is 2. The van der Waals surface area contributed by atoms with E-state index in [1.54, 1.807) is 28.0 Å². The molecule has 178 valence electrons. The van der Waals surface area contributed by atoms with Crippen LogP contribution >= 0.6 is 0 Å². The summed E-state index contributed by atoms with van der Waals surface area (Å²) in [5.74, 6) is 2.64. The highest BCUT2D eigenvalue weighted by molar-refractivity contribution is 6.08. The molecule has 1 atom stereocenters. The fourth-order valence-corrected chi connectivity index (χ4v) is 3.98. The highest BCUT2D eigenvalue weighted by Gasteiger charge is 2.30. The molecule has 2 aromatic rings. The zero-order chi connectivity index (χ0) is 24.8.